The van der Waals surface area contributed by atoms with Crippen LogP contribution < -0.4 is 5.32 Å². The van der Waals surface area contributed by atoms with Crippen molar-refractivity contribution in [1.29, 1.82) is 0 Å². The Morgan fingerprint density at radius 2 is 1.76 bits per heavy atom. The number of aromatic nitrogens is 1. The summed E-state index contributed by atoms with van der Waals surface area (Å²) in [5.41, 5.74) is 4.50. The monoisotopic (exact) mass is 218 g/mol. The predicted molar refractivity (Wildman–Crippen MR) is 71.9 cm³/mol. The highest BCUT2D eigenvalue weighted by Gasteiger charge is 2.12. The molecular weight excluding hydrogens is 208 g/mol. The van der Waals surface area contributed by atoms with E-state index >= 15 is 0 Å². The number of rotatable bonds is 0. The number of nitrogens with one attached hydrogen (secondary N) is 1. The van der Waals surface area contributed by atoms with Gasteiger partial charge < -0.3 is 5.32 Å². The molecule has 0 amide bonds. The molecule has 0 saturated heterocycles. The topological polar surface area (TPSA) is 24.9 Å². The fraction of sp³-hybridized carbons (Fsp3) is 0. The summed E-state index contributed by atoms with van der Waals surface area (Å²) in [6.45, 7) is 0. The van der Waals surface area contributed by atoms with Gasteiger partial charge in [-0.2, -0.15) is 0 Å². The van der Waals surface area contributed by atoms with Crippen LogP contribution in [0.2, 0.25) is 0 Å². The van der Waals surface area contributed by atoms with Gasteiger partial charge in [-0.25, -0.2) is 4.98 Å². The molecule has 1 N–H and O–H groups in total. The van der Waals surface area contributed by atoms with Gasteiger partial charge in [0.05, 0.1) is 11.0 Å². The number of hydrogen-bond acceptors (Lipinski definition) is 2. The summed E-state index contributed by atoms with van der Waals surface area (Å²) < 4.78 is 0. The number of benzene rings is 2. The molecule has 3 aromatic rings. The van der Waals surface area contributed by atoms with Crippen molar-refractivity contribution in [1.82, 2.24) is 4.98 Å². The van der Waals surface area contributed by atoms with E-state index in [1.807, 2.05) is 18.3 Å². The quantitative estimate of drug-likeness (QED) is 0.581. The maximum Gasteiger partial charge on any atom is 0.0736 e. The number of hydrogen-bond donors (Lipinski definition) is 1. The molecule has 4 rings (SSSR count). The van der Waals surface area contributed by atoms with Gasteiger partial charge in [-0.3, -0.25) is 0 Å². The second-order valence-electron chi connectivity index (χ2n) is 4.22. The molecule has 2 heteroatoms. The zero-order chi connectivity index (χ0) is 11.2. The van der Waals surface area contributed by atoms with Gasteiger partial charge in [0, 0.05) is 22.7 Å². The van der Waals surface area contributed by atoms with Gasteiger partial charge in [0.1, 0.15) is 0 Å². The van der Waals surface area contributed by atoms with Crippen molar-refractivity contribution in [3.63, 3.8) is 0 Å². The first kappa shape index (κ1) is 8.76. The first-order valence-corrected chi connectivity index (χ1v) is 5.68. The Labute approximate surface area is 98.6 Å². The van der Waals surface area contributed by atoms with E-state index in [-0.39, 0.29) is 0 Å². The highest BCUT2D eigenvalue weighted by Crippen LogP contribution is 2.34. The minimum Gasteiger partial charge on any atom is -0.361 e. The summed E-state index contributed by atoms with van der Waals surface area (Å²) in [4.78, 5) is 4.71. The molecule has 2 heterocycles. The second-order valence-corrected chi connectivity index (χ2v) is 4.22. The number of para-hydroxylation sites is 1. The molecule has 1 aliphatic rings. The van der Waals surface area contributed by atoms with E-state index in [4.69, 9.17) is 4.98 Å². The van der Waals surface area contributed by atoms with Gasteiger partial charge in [-0.05, 0) is 29.8 Å². The van der Waals surface area contributed by atoms with Gasteiger partial charge in [0.25, 0.3) is 0 Å². The third kappa shape index (κ3) is 1.12. The Hall–Kier alpha value is -2.35. The normalized spacial score (nSPS) is 12.9. The van der Waals surface area contributed by atoms with Crippen LogP contribution in [0.1, 0.15) is 5.56 Å². The smallest absolute Gasteiger partial charge is 0.0736 e. The van der Waals surface area contributed by atoms with Crippen molar-refractivity contribution < 1.29 is 0 Å². The van der Waals surface area contributed by atoms with Crippen LogP contribution in [-0.2, 0) is 0 Å². The molecule has 0 fully saturated rings. The summed E-state index contributed by atoms with van der Waals surface area (Å²) in [7, 11) is 0. The largest absolute Gasteiger partial charge is 0.361 e. The van der Waals surface area contributed by atoms with Crippen LogP contribution in [0.15, 0.2) is 48.7 Å². The molecule has 0 saturated carbocycles. The van der Waals surface area contributed by atoms with E-state index < -0.39 is 0 Å². The minimum atomic E-state index is 1.05. The van der Waals surface area contributed by atoms with E-state index in [2.05, 4.69) is 41.7 Å². The molecule has 0 radical (unpaired) electrons. The average molecular weight is 218 g/mol. The third-order valence-electron chi connectivity index (χ3n) is 3.24. The molecular formula is C15H10N2. The SMILES string of the molecule is C1=Cc2c3ccccc3nc3cccc(c23)N1. The fourth-order valence-electron chi connectivity index (χ4n) is 2.49. The van der Waals surface area contributed by atoms with E-state index in [0.717, 1.165) is 16.7 Å². The molecule has 2 aromatic carbocycles. The number of anilines is 1. The van der Waals surface area contributed by atoms with Crippen molar-refractivity contribution in [3.05, 3.63) is 54.2 Å². The summed E-state index contributed by atoms with van der Waals surface area (Å²) in [5, 5.41) is 5.70. The maximum absolute atomic E-state index is 4.71. The van der Waals surface area contributed by atoms with Crippen molar-refractivity contribution in [2.75, 3.05) is 5.32 Å². The van der Waals surface area contributed by atoms with Crippen LogP contribution >= 0.6 is 0 Å². The molecule has 0 spiro atoms. The number of fused-ring (bicyclic) bond motifs is 2. The summed E-state index contributed by atoms with van der Waals surface area (Å²) in [6, 6.07) is 14.5. The van der Waals surface area contributed by atoms with Crippen LogP contribution in [-0.4, -0.2) is 4.98 Å². The summed E-state index contributed by atoms with van der Waals surface area (Å²) in [6.07, 6.45) is 4.11. The number of pyridine rings is 1. The molecule has 17 heavy (non-hydrogen) atoms. The van der Waals surface area contributed by atoms with E-state index in [0.29, 0.717) is 0 Å². The van der Waals surface area contributed by atoms with Crippen molar-refractivity contribution in [2.24, 2.45) is 0 Å². The molecule has 80 valence electrons. The molecule has 1 aliphatic heterocycles. The molecule has 0 aliphatic carbocycles. The first-order chi connectivity index (χ1) is 8.43. The van der Waals surface area contributed by atoms with Gasteiger partial charge >= 0.3 is 0 Å². The second kappa shape index (κ2) is 3.08. The molecule has 2 nitrogen and oxygen atoms in total. The lowest BCUT2D eigenvalue weighted by atomic mass is 9.99. The van der Waals surface area contributed by atoms with E-state index in [1.165, 1.54) is 16.3 Å². The maximum atomic E-state index is 4.71. The first-order valence-electron chi connectivity index (χ1n) is 5.68. The zero-order valence-electron chi connectivity index (χ0n) is 9.14. The average Bonchev–Trinajstić information content (AvgIpc) is 2.39. The molecule has 0 bridgehead atoms. The van der Waals surface area contributed by atoms with Crippen molar-refractivity contribution in [3.8, 4) is 0 Å². The van der Waals surface area contributed by atoms with Crippen LogP contribution in [0.4, 0.5) is 5.69 Å². The van der Waals surface area contributed by atoms with Gasteiger partial charge in [0.2, 0.25) is 0 Å². The summed E-state index contributed by atoms with van der Waals surface area (Å²) in [5.74, 6) is 0. The van der Waals surface area contributed by atoms with Gasteiger partial charge in [-0.1, -0.05) is 24.3 Å². The van der Waals surface area contributed by atoms with Crippen molar-refractivity contribution >= 4 is 33.6 Å². The fourth-order valence-corrected chi connectivity index (χ4v) is 2.49. The lowest BCUT2D eigenvalue weighted by Crippen LogP contribution is -1.98. The highest BCUT2D eigenvalue weighted by atomic mass is 14.9. The minimum absolute atomic E-state index is 1.05. The van der Waals surface area contributed by atoms with Crippen LogP contribution in [0.3, 0.4) is 0 Å². The lowest BCUT2D eigenvalue weighted by molar-refractivity contribution is 1.47. The zero-order valence-corrected chi connectivity index (χ0v) is 9.14. The number of nitrogens with zero attached hydrogens (tertiary/aromatic N) is 1. The highest BCUT2D eigenvalue weighted by molar-refractivity contribution is 6.09. The Morgan fingerprint density at radius 3 is 2.76 bits per heavy atom. The van der Waals surface area contributed by atoms with Crippen LogP contribution in [0.25, 0.3) is 27.9 Å². The standard InChI is InChI=1S/C15H10N2/c1-2-5-12-10(4-1)11-8-9-16-13-6-3-7-14(17-12)15(11)13/h1-9,16H. The summed E-state index contributed by atoms with van der Waals surface area (Å²) >= 11 is 0. The Morgan fingerprint density at radius 1 is 0.882 bits per heavy atom. The Kier molecular flexibility index (Phi) is 1.59. The van der Waals surface area contributed by atoms with E-state index in [9.17, 15) is 0 Å². The van der Waals surface area contributed by atoms with Crippen LogP contribution in [0, 0.1) is 0 Å². The van der Waals surface area contributed by atoms with Gasteiger partial charge in [-0.15, -0.1) is 0 Å². The van der Waals surface area contributed by atoms with Crippen molar-refractivity contribution in [2.45, 2.75) is 0 Å². The van der Waals surface area contributed by atoms with E-state index in [1.54, 1.807) is 0 Å². The molecule has 1 aromatic heterocycles. The van der Waals surface area contributed by atoms with Crippen LogP contribution in [0.5, 0.6) is 0 Å². The third-order valence-corrected chi connectivity index (χ3v) is 3.24. The lowest BCUT2D eigenvalue weighted by Gasteiger charge is -2.15. The Bertz CT molecular complexity index is 772. The molecule has 0 atom stereocenters. The predicted octanol–water partition coefficient (Wildman–Crippen LogP) is 3.78. The molecule has 0 unspecified atom stereocenters. The Balaban J connectivity index is 2.34. The van der Waals surface area contributed by atoms with Gasteiger partial charge in [0.15, 0.2) is 0 Å².